The van der Waals surface area contributed by atoms with Gasteiger partial charge in [-0.2, -0.15) is 0 Å². The third-order valence-electron chi connectivity index (χ3n) is 3.85. The highest BCUT2D eigenvalue weighted by Crippen LogP contribution is 2.30. The van der Waals surface area contributed by atoms with Gasteiger partial charge in [0.2, 0.25) is 0 Å². The molecule has 0 bridgehead atoms. The molecule has 1 aromatic heterocycles. The summed E-state index contributed by atoms with van der Waals surface area (Å²) < 4.78 is 0.817. The molecular weight excluding hydrogens is 420 g/mol. The summed E-state index contributed by atoms with van der Waals surface area (Å²) in [4.78, 5) is 18.1. The number of nitrogens with one attached hydrogen (secondary N) is 1. The number of carbonyl (C=O) groups excluding carboxylic acids is 1. The maximum atomic E-state index is 12.4. The zero-order chi connectivity index (χ0) is 18.0. The Kier molecular flexibility index (Phi) is 5.57. The standard InChI is InChI=1S/C19H16BrClN2OS/c1-11-5-3-4-6-14(11)19-23-12(2)17(25-19)10-22-18(24)15-9-13(20)7-8-16(15)21/h3-9H,10H2,1-2H3,(H,22,24). The average molecular weight is 436 g/mol. The Balaban J connectivity index is 1.77. The van der Waals surface area contributed by atoms with Crippen molar-refractivity contribution in [2.24, 2.45) is 0 Å². The van der Waals surface area contributed by atoms with Crippen LogP contribution in [0.25, 0.3) is 10.6 Å². The zero-order valence-electron chi connectivity index (χ0n) is 13.8. The normalized spacial score (nSPS) is 10.7. The molecule has 2 aromatic carbocycles. The fraction of sp³-hybridized carbons (Fsp3) is 0.158. The second-order valence-corrected chi connectivity index (χ2v) is 8.06. The van der Waals surface area contributed by atoms with E-state index in [0.717, 1.165) is 25.6 Å². The first-order valence-corrected chi connectivity index (χ1v) is 9.70. The van der Waals surface area contributed by atoms with E-state index in [0.29, 0.717) is 17.1 Å². The Morgan fingerprint density at radius 1 is 1.24 bits per heavy atom. The van der Waals surface area contributed by atoms with Gasteiger partial charge >= 0.3 is 0 Å². The van der Waals surface area contributed by atoms with Gasteiger partial charge in [0.1, 0.15) is 5.01 Å². The monoisotopic (exact) mass is 434 g/mol. The molecule has 1 amide bonds. The second-order valence-electron chi connectivity index (χ2n) is 5.65. The number of carbonyl (C=O) groups is 1. The molecule has 128 valence electrons. The van der Waals surface area contributed by atoms with Crippen LogP contribution in [0.15, 0.2) is 46.9 Å². The van der Waals surface area contributed by atoms with Crippen molar-refractivity contribution in [1.82, 2.24) is 10.3 Å². The minimum absolute atomic E-state index is 0.198. The van der Waals surface area contributed by atoms with Crippen LogP contribution in [0, 0.1) is 13.8 Å². The number of hydrogen-bond acceptors (Lipinski definition) is 3. The highest BCUT2D eigenvalue weighted by molar-refractivity contribution is 9.10. The van der Waals surface area contributed by atoms with Gasteiger partial charge in [-0.05, 0) is 37.6 Å². The third-order valence-corrected chi connectivity index (χ3v) is 5.86. The Labute approximate surface area is 164 Å². The van der Waals surface area contributed by atoms with Gasteiger partial charge in [0.15, 0.2) is 0 Å². The lowest BCUT2D eigenvalue weighted by Crippen LogP contribution is -2.23. The molecule has 0 aliphatic carbocycles. The zero-order valence-corrected chi connectivity index (χ0v) is 16.9. The lowest BCUT2D eigenvalue weighted by Gasteiger charge is -2.06. The van der Waals surface area contributed by atoms with Crippen molar-refractivity contribution in [2.75, 3.05) is 0 Å². The van der Waals surface area contributed by atoms with Gasteiger partial charge in [0.25, 0.3) is 5.91 Å². The van der Waals surface area contributed by atoms with Crippen molar-refractivity contribution in [3.05, 3.63) is 73.7 Å². The molecule has 0 aliphatic rings. The molecule has 0 saturated carbocycles. The van der Waals surface area contributed by atoms with E-state index >= 15 is 0 Å². The summed E-state index contributed by atoms with van der Waals surface area (Å²) in [5, 5.41) is 4.33. The van der Waals surface area contributed by atoms with Crippen LogP contribution in [0.2, 0.25) is 5.02 Å². The van der Waals surface area contributed by atoms with Crippen LogP contribution in [0.3, 0.4) is 0 Å². The van der Waals surface area contributed by atoms with Crippen LogP contribution in [-0.2, 0) is 6.54 Å². The predicted octanol–water partition coefficient (Wildman–Crippen LogP) is 5.77. The number of benzene rings is 2. The summed E-state index contributed by atoms with van der Waals surface area (Å²) >= 11 is 11.1. The van der Waals surface area contributed by atoms with Crippen molar-refractivity contribution in [3.8, 4) is 10.6 Å². The van der Waals surface area contributed by atoms with E-state index < -0.39 is 0 Å². The van der Waals surface area contributed by atoms with Crippen molar-refractivity contribution < 1.29 is 4.79 Å². The van der Waals surface area contributed by atoms with Crippen molar-refractivity contribution in [2.45, 2.75) is 20.4 Å². The van der Waals surface area contributed by atoms with E-state index in [1.807, 2.05) is 19.1 Å². The fourth-order valence-corrected chi connectivity index (χ4v) is 4.10. The first-order chi connectivity index (χ1) is 12.0. The topological polar surface area (TPSA) is 42.0 Å². The van der Waals surface area contributed by atoms with E-state index in [2.05, 4.69) is 45.3 Å². The first kappa shape index (κ1) is 18.1. The quantitative estimate of drug-likeness (QED) is 0.565. The fourth-order valence-electron chi connectivity index (χ4n) is 2.45. The Morgan fingerprint density at radius 2 is 2.00 bits per heavy atom. The largest absolute Gasteiger partial charge is 0.347 e. The molecule has 0 fully saturated rings. The van der Waals surface area contributed by atoms with Gasteiger partial charge in [0.05, 0.1) is 22.8 Å². The minimum atomic E-state index is -0.198. The maximum absolute atomic E-state index is 12.4. The van der Waals surface area contributed by atoms with E-state index in [9.17, 15) is 4.79 Å². The Morgan fingerprint density at radius 3 is 2.76 bits per heavy atom. The smallest absolute Gasteiger partial charge is 0.253 e. The van der Waals surface area contributed by atoms with Gasteiger partial charge in [-0.1, -0.05) is 51.8 Å². The molecule has 3 aromatic rings. The molecule has 1 heterocycles. The molecule has 0 unspecified atom stereocenters. The van der Waals surface area contributed by atoms with E-state index in [1.165, 1.54) is 5.56 Å². The molecular formula is C19H16BrClN2OS. The van der Waals surface area contributed by atoms with Gasteiger partial charge in [-0.25, -0.2) is 4.98 Å². The SMILES string of the molecule is Cc1ccccc1-c1nc(C)c(CNC(=O)c2cc(Br)ccc2Cl)s1. The maximum Gasteiger partial charge on any atom is 0.253 e. The van der Waals surface area contributed by atoms with Crippen LogP contribution in [0.5, 0.6) is 0 Å². The molecule has 6 heteroatoms. The Hall–Kier alpha value is -1.69. The number of thiazole rings is 1. The molecule has 0 aliphatic heterocycles. The van der Waals surface area contributed by atoms with Gasteiger partial charge < -0.3 is 5.32 Å². The summed E-state index contributed by atoms with van der Waals surface area (Å²) in [5.74, 6) is -0.198. The van der Waals surface area contributed by atoms with E-state index in [4.69, 9.17) is 11.6 Å². The van der Waals surface area contributed by atoms with Crippen molar-refractivity contribution >= 4 is 44.8 Å². The number of hydrogen-bond donors (Lipinski definition) is 1. The summed E-state index contributed by atoms with van der Waals surface area (Å²) in [6.45, 7) is 4.46. The minimum Gasteiger partial charge on any atom is -0.347 e. The molecule has 3 rings (SSSR count). The van der Waals surface area contributed by atoms with Crippen LogP contribution < -0.4 is 5.32 Å². The highest BCUT2D eigenvalue weighted by Gasteiger charge is 2.14. The van der Waals surface area contributed by atoms with Crippen LogP contribution >= 0.6 is 38.9 Å². The lowest BCUT2D eigenvalue weighted by atomic mass is 10.1. The van der Waals surface area contributed by atoms with Gasteiger partial charge in [-0.15, -0.1) is 11.3 Å². The molecule has 25 heavy (non-hydrogen) atoms. The van der Waals surface area contributed by atoms with Gasteiger partial charge in [-0.3, -0.25) is 4.79 Å². The molecule has 0 radical (unpaired) electrons. The summed E-state index contributed by atoms with van der Waals surface area (Å²) in [6, 6.07) is 13.4. The van der Waals surface area contributed by atoms with Crippen molar-refractivity contribution in [1.29, 1.82) is 0 Å². The second kappa shape index (κ2) is 7.68. The summed E-state index contributed by atoms with van der Waals surface area (Å²) in [7, 11) is 0. The Bertz CT molecular complexity index is 939. The number of aromatic nitrogens is 1. The molecule has 3 nitrogen and oxygen atoms in total. The predicted molar refractivity (Wildman–Crippen MR) is 107 cm³/mol. The molecule has 0 atom stereocenters. The first-order valence-electron chi connectivity index (χ1n) is 7.71. The van der Waals surface area contributed by atoms with E-state index in [1.54, 1.807) is 29.5 Å². The van der Waals surface area contributed by atoms with Crippen LogP contribution in [0.4, 0.5) is 0 Å². The number of nitrogens with zero attached hydrogens (tertiary/aromatic N) is 1. The average Bonchev–Trinajstić information content (AvgIpc) is 2.96. The molecule has 1 N–H and O–H groups in total. The van der Waals surface area contributed by atoms with Crippen LogP contribution in [0.1, 0.15) is 26.5 Å². The number of rotatable bonds is 4. The highest BCUT2D eigenvalue weighted by atomic mass is 79.9. The number of amides is 1. The van der Waals surface area contributed by atoms with Gasteiger partial charge in [0, 0.05) is 14.9 Å². The summed E-state index contributed by atoms with van der Waals surface area (Å²) in [6.07, 6.45) is 0. The van der Waals surface area contributed by atoms with Crippen LogP contribution in [-0.4, -0.2) is 10.9 Å². The summed E-state index contributed by atoms with van der Waals surface area (Å²) in [5.41, 5.74) is 3.71. The number of halogens is 2. The molecule has 0 spiro atoms. The molecule has 0 saturated heterocycles. The lowest BCUT2D eigenvalue weighted by molar-refractivity contribution is 0.0951. The third kappa shape index (κ3) is 4.11. The van der Waals surface area contributed by atoms with Crippen molar-refractivity contribution in [3.63, 3.8) is 0 Å². The van der Waals surface area contributed by atoms with E-state index in [-0.39, 0.29) is 5.91 Å². The number of aryl methyl sites for hydroxylation is 2.